The van der Waals surface area contributed by atoms with E-state index >= 15 is 0 Å². The molecule has 0 N–H and O–H groups in total. The molecule has 2 saturated heterocycles. The maximum atomic E-state index is 6.12. The van der Waals surface area contributed by atoms with Crippen LogP contribution in [0.5, 0.6) is 0 Å². The third-order valence-electron chi connectivity index (χ3n) is 4.08. The van der Waals surface area contributed by atoms with Gasteiger partial charge in [-0.1, -0.05) is 0 Å². The third-order valence-corrected chi connectivity index (χ3v) is 4.62. The van der Waals surface area contributed by atoms with Crippen LogP contribution >= 0.6 is 11.6 Å². The second kappa shape index (κ2) is 5.03. The Kier molecular flexibility index (Phi) is 3.92. The van der Waals surface area contributed by atoms with Crippen LogP contribution in [0.15, 0.2) is 0 Å². The quantitative estimate of drug-likeness (QED) is 0.694. The van der Waals surface area contributed by atoms with E-state index in [1.165, 1.54) is 12.8 Å². The lowest BCUT2D eigenvalue weighted by Gasteiger charge is -2.30. The number of hydrogen-bond donors (Lipinski definition) is 0. The summed E-state index contributed by atoms with van der Waals surface area (Å²) in [6.45, 7) is 3.98. The van der Waals surface area contributed by atoms with Crippen molar-refractivity contribution in [2.45, 2.75) is 51.2 Å². The van der Waals surface area contributed by atoms with Gasteiger partial charge < -0.3 is 9.47 Å². The Morgan fingerprint density at radius 2 is 2.20 bits per heavy atom. The van der Waals surface area contributed by atoms with Crippen LogP contribution in [0.1, 0.15) is 39.0 Å². The maximum Gasteiger partial charge on any atom is 0.0615 e. The molecule has 0 radical (unpaired) electrons. The lowest BCUT2D eigenvalue weighted by molar-refractivity contribution is 0.0508. The second-order valence-electron chi connectivity index (χ2n) is 4.93. The van der Waals surface area contributed by atoms with Gasteiger partial charge in [0.2, 0.25) is 0 Å². The highest BCUT2D eigenvalue weighted by Gasteiger charge is 2.40. The molecule has 0 aromatic carbocycles. The molecule has 2 nitrogen and oxygen atoms in total. The van der Waals surface area contributed by atoms with E-state index in [1.54, 1.807) is 0 Å². The van der Waals surface area contributed by atoms with Gasteiger partial charge >= 0.3 is 0 Å². The van der Waals surface area contributed by atoms with Gasteiger partial charge in [0.15, 0.2) is 0 Å². The first-order chi connectivity index (χ1) is 7.27. The fraction of sp³-hybridized carbons (Fsp3) is 1.00. The standard InChI is InChI=1S/C12H21ClO2/c1-10-12(9-13,6-8-14-10)5-4-11-3-2-7-15-11/h10-11H,2-9H2,1H3. The van der Waals surface area contributed by atoms with E-state index in [1.807, 2.05) is 0 Å². The Hall–Kier alpha value is 0.210. The van der Waals surface area contributed by atoms with Crippen LogP contribution in [0.3, 0.4) is 0 Å². The molecule has 3 heteroatoms. The fourth-order valence-corrected chi connectivity index (χ4v) is 3.19. The van der Waals surface area contributed by atoms with Crippen LogP contribution in [-0.4, -0.2) is 31.3 Å². The smallest absolute Gasteiger partial charge is 0.0615 e. The SMILES string of the molecule is CC1OCCC1(CCl)CCC1CCCO1. The van der Waals surface area contributed by atoms with Gasteiger partial charge in [-0.3, -0.25) is 0 Å². The summed E-state index contributed by atoms with van der Waals surface area (Å²) in [4.78, 5) is 0. The van der Waals surface area contributed by atoms with Crippen LogP contribution in [0.4, 0.5) is 0 Å². The van der Waals surface area contributed by atoms with E-state index in [4.69, 9.17) is 21.1 Å². The molecule has 15 heavy (non-hydrogen) atoms. The molecule has 88 valence electrons. The maximum absolute atomic E-state index is 6.12. The zero-order valence-corrected chi connectivity index (χ0v) is 10.3. The van der Waals surface area contributed by atoms with Gasteiger partial charge in [0.05, 0.1) is 12.2 Å². The minimum Gasteiger partial charge on any atom is -0.378 e. The van der Waals surface area contributed by atoms with Crippen molar-refractivity contribution >= 4 is 11.6 Å². The average molecular weight is 233 g/mol. The van der Waals surface area contributed by atoms with Gasteiger partial charge in [0, 0.05) is 24.5 Å². The summed E-state index contributed by atoms with van der Waals surface area (Å²) < 4.78 is 11.3. The largest absolute Gasteiger partial charge is 0.378 e. The van der Waals surface area contributed by atoms with E-state index in [9.17, 15) is 0 Å². The van der Waals surface area contributed by atoms with Crippen molar-refractivity contribution in [2.75, 3.05) is 19.1 Å². The summed E-state index contributed by atoms with van der Waals surface area (Å²) in [6.07, 6.45) is 6.68. The lowest BCUT2D eigenvalue weighted by atomic mass is 9.78. The molecule has 0 saturated carbocycles. The van der Waals surface area contributed by atoms with Crippen LogP contribution in [0, 0.1) is 5.41 Å². The average Bonchev–Trinajstić information content (AvgIpc) is 2.85. The summed E-state index contributed by atoms with van der Waals surface area (Å²) in [6, 6.07) is 0. The van der Waals surface area contributed by atoms with Crippen molar-refractivity contribution < 1.29 is 9.47 Å². The Labute approximate surface area is 97.3 Å². The fourth-order valence-electron chi connectivity index (χ4n) is 2.71. The summed E-state index contributed by atoms with van der Waals surface area (Å²) in [7, 11) is 0. The zero-order chi connectivity index (χ0) is 10.7. The normalized spacial score (nSPS) is 41.2. The lowest BCUT2D eigenvalue weighted by Crippen LogP contribution is -2.31. The molecule has 2 aliphatic rings. The molecule has 0 amide bonds. The molecule has 0 bridgehead atoms. The minimum absolute atomic E-state index is 0.216. The predicted octanol–water partition coefficient (Wildman–Crippen LogP) is 2.98. The summed E-state index contributed by atoms with van der Waals surface area (Å²) in [5, 5.41) is 0. The van der Waals surface area contributed by atoms with Crippen LogP contribution in [0.2, 0.25) is 0 Å². The molecule has 2 heterocycles. The Morgan fingerprint density at radius 1 is 1.33 bits per heavy atom. The molecule has 3 unspecified atom stereocenters. The minimum atomic E-state index is 0.216. The van der Waals surface area contributed by atoms with Gasteiger partial charge in [-0.05, 0) is 39.0 Å². The van der Waals surface area contributed by atoms with E-state index in [0.29, 0.717) is 12.2 Å². The first-order valence-corrected chi connectivity index (χ1v) is 6.59. The van der Waals surface area contributed by atoms with Crippen LogP contribution in [0.25, 0.3) is 0 Å². The Morgan fingerprint density at radius 3 is 2.73 bits per heavy atom. The number of ether oxygens (including phenoxy) is 2. The Balaban J connectivity index is 1.84. The summed E-state index contributed by atoms with van der Waals surface area (Å²) >= 11 is 6.12. The van der Waals surface area contributed by atoms with E-state index in [2.05, 4.69) is 6.92 Å². The van der Waals surface area contributed by atoms with Gasteiger partial charge in [-0.25, -0.2) is 0 Å². The van der Waals surface area contributed by atoms with Gasteiger partial charge in [-0.15, -0.1) is 11.6 Å². The number of alkyl halides is 1. The highest BCUT2D eigenvalue weighted by atomic mass is 35.5. The zero-order valence-electron chi connectivity index (χ0n) is 9.51. The number of halogens is 1. The number of rotatable bonds is 4. The van der Waals surface area contributed by atoms with Crippen molar-refractivity contribution in [2.24, 2.45) is 5.41 Å². The predicted molar refractivity (Wildman–Crippen MR) is 61.4 cm³/mol. The molecular weight excluding hydrogens is 212 g/mol. The van der Waals surface area contributed by atoms with Crippen molar-refractivity contribution in [3.8, 4) is 0 Å². The topological polar surface area (TPSA) is 18.5 Å². The molecule has 0 aliphatic carbocycles. The van der Waals surface area contributed by atoms with Crippen molar-refractivity contribution in [1.82, 2.24) is 0 Å². The molecule has 2 fully saturated rings. The molecular formula is C12H21ClO2. The van der Waals surface area contributed by atoms with E-state index in [0.717, 1.165) is 38.4 Å². The summed E-state index contributed by atoms with van der Waals surface area (Å²) in [5.74, 6) is 0.723. The van der Waals surface area contributed by atoms with Crippen LogP contribution < -0.4 is 0 Å². The highest BCUT2D eigenvalue weighted by Crippen LogP contribution is 2.41. The monoisotopic (exact) mass is 232 g/mol. The molecule has 2 rings (SSSR count). The molecule has 0 spiro atoms. The van der Waals surface area contributed by atoms with Crippen molar-refractivity contribution in [3.05, 3.63) is 0 Å². The van der Waals surface area contributed by atoms with Crippen molar-refractivity contribution in [3.63, 3.8) is 0 Å². The molecule has 2 aliphatic heterocycles. The van der Waals surface area contributed by atoms with Gasteiger partial charge in [0.25, 0.3) is 0 Å². The molecule has 3 atom stereocenters. The van der Waals surface area contributed by atoms with E-state index < -0.39 is 0 Å². The summed E-state index contributed by atoms with van der Waals surface area (Å²) in [5.41, 5.74) is 0.216. The van der Waals surface area contributed by atoms with Crippen molar-refractivity contribution in [1.29, 1.82) is 0 Å². The van der Waals surface area contributed by atoms with Crippen LogP contribution in [-0.2, 0) is 9.47 Å². The van der Waals surface area contributed by atoms with Gasteiger partial charge in [0.1, 0.15) is 0 Å². The highest BCUT2D eigenvalue weighted by molar-refractivity contribution is 6.18. The first kappa shape index (κ1) is 11.7. The molecule has 0 aromatic heterocycles. The van der Waals surface area contributed by atoms with E-state index in [-0.39, 0.29) is 5.41 Å². The van der Waals surface area contributed by atoms with Gasteiger partial charge in [-0.2, -0.15) is 0 Å². The second-order valence-corrected chi connectivity index (χ2v) is 5.20. The first-order valence-electron chi connectivity index (χ1n) is 6.06. The molecule has 0 aromatic rings. The number of hydrogen-bond acceptors (Lipinski definition) is 2. The third kappa shape index (κ3) is 2.48. The Bertz CT molecular complexity index is 204.